The Labute approximate surface area is 133 Å². The molecule has 2 rings (SSSR count). The van der Waals surface area contributed by atoms with E-state index in [1.54, 1.807) is 23.3 Å². The number of likely N-dealkylation sites (tertiary alicyclic amines) is 1. The number of hydrogen-bond donors (Lipinski definition) is 1. The van der Waals surface area contributed by atoms with E-state index in [-0.39, 0.29) is 30.0 Å². The molecule has 1 atom stereocenters. The van der Waals surface area contributed by atoms with Gasteiger partial charge in [-0.2, -0.15) is 0 Å². The Balaban J connectivity index is 0.00000220. The van der Waals surface area contributed by atoms with Gasteiger partial charge in [0.1, 0.15) is 0 Å². The number of nitro groups is 1. The lowest BCUT2D eigenvalue weighted by molar-refractivity contribution is -0.387. The Hall–Kier alpha value is -1.31. The van der Waals surface area contributed by atoms with Crippen LogP contribution in [-0.2, 0) is 0 Å². The van der Waals surface area contributed by atoms with Crippen molar-refractivity contribution in [1.29, 1.82) is 0 Å². The van der Waals surface area contributed by atoms with E-state index in [1.807, 2.05) is 0 Å². The number of nitro benzene ring substituents is 1. The van der Waals surface area contributed by atoms with Crippen molar-refractivity contribution in [3.8, 4) is 0 Å². The molecule has 0 aromatic heterocycles. The number of halogens is 1. The summed E-state index contributed by atoms with van der Waals surface area (Å²) in [5.41, 5.74) is 6.19. The van der Waals surface area contributed by atoms with Gasteiger partial charge >= 0.3 is 0 Å². The molecule has 1 aromatic carbocycles. The van der Waals surface area contributed by atoms with Crippen LogP contribution in [0.2, 0.25) is 0 Å². The van der Waals surface area contributed by atoms with Crippen molar-refractivity contribution in [2.24, 2.45) is 5.73 Å². The zero-order valence-corrected chi connectivity index (χ0v) is 13.3. The number of nitrogens with zero attached hydrogens (tertiary/aromatic N) is 2. The summed E-state index contributed by atoms with van der Waals surface area (Å²) >= 11 is 1.29. The van der Waals surface area contributed by atoms with Crippen LogP contribution in [-0.4, -0.2) is 41.1 Å². The second-order valence-corrected chi connectivity index (χ2v) is 5.65. The highest BCUT2D eigenvalue weighted by atomic mass is 35.5. The first-order chi connectivity index (χ1) is 9.52. The van der Waals surface area contributed by atoms with Crippen LogP contribution in [0.15, 0.2) is 23.1 Å². The van der Waals surface area contributed by atoms with E-state index in [0.29, 0.717) is 23.5 Å². The molecule has 21 heavy (non-hydrogen) atoms. The Morgan fingerprint density at radius 2 is 2.24 bits per heavy atom. The Morgan fingerprint density at radius 1 is 1.52 bits per heavy atom. The van der Waals surface area contributed by atoms with Crippen molar-refractivity contribution >= 4 is 35.8 Å². The van der Waals surface area contributed by atoms with Gasteiger partial charge in [0, 0.05) is 30.8 Å². The molecular weight excluding hydrogens is 314 g/mol. The third-order valence-corrected chi connectivity index (χ3v) is 4.15. The molecule has 2 N–H and O–H groups in total. The maximum Gasteiger partial charge on any atom is 0.283 e. The van der Waals surface area contributed by atoms with Gasteiger partial charge in [-0.1, -0.05) is 0 Å². The summed E-state index contributed by atoms with van der Waals surface area (Å²) < 4.78 is 0. The van der Waals surface area contributed by atoms with Gasteiger partial charge in [0.25, 0.3) is 11.6 Å². The number of carbonyl (C=O) groups excluding carboxylic acids is 1. The van der Waals surface area contributed by atoms with Crippen molar-refractivity contribution in [3.05, 3.63) is 33.9 Å². The largest absolute Gasteiger partial charge is 0.337 e. The zero-order valence-electron chi connectivity index (χ0n) is 11.7. The van der Waals surface area contributed by atoms with E-state index < -0.39 is 4.92 Å². The minimum atomic E-state index is -0.454. The van der Waals surface area contributed by atoms with Crippen molar-refractivity contribution < 1.29 is 9.72 Å². The van der Waals surface area contributed by atoms with E-state index in [0.717, 1.165) is 12.8 Å². The smallest absolute Gasteiger partial charge is 0.283 e. The molecule has 1 unspecified atom stereocenters. The maximum atomic E-state index is 12.4. The Bertz CT molecular complexity index is 541. The summed E-state index contributed by atoms with van der Waals surface area (Å²) in [4.78, 5) is 25.2. The number of nitrogens with two attached hydrogens (primary N) is 1. The quantitative estimate of drug-likeness (QED) is 0.521. The fourth-order valence-corrected chi connectivity index (χ4v) is 2.89. The molecule has 6 nitrogen and oxygen atoms in total. The van der Waals surface area contributed by atoms with Crippen LogP contribution >= 0.6 is 24.2 Å². The zero-order chi connectivity index (χ0) is 14.7. The minimum absolute atomic E-state index is 0. The summed E-state index contributed by atoms with van der Waals surface area (Å²) in [6, 6.07) is 4.61. The van der Waals surface area contributed by atoms with Gasteiger partial charge < -0.3 is 10.6 Å². The number of thioether (sulfide) groups is 1. The fraction of sp³-hybridized carbons (Fsp3) is 0.462. The molecule has 0 aliphatic carbocycles. The lowest BCUT2D eigenvalue weighted by Gasteiger charge is -2.30. The lowest BCUT2D eigenvalue weighted by atomic mass is 10.1. The molecule has 0 saturated carbocycles. The second kappa shape index (κ2) is 7.63. The summed E-state index contributed by atoms with van der Waals surface area (Å²) in [5, 5.41) is 11.0. The first-order valence-corrected chi connectivity index (χ1v) is 7.62. The number of benzene rings is 1. The monoisotopic (exact) mass is 331 g/mol. The van der Waals surface area contributed by atoms with Gasteiger partial charge in [-0.05, 0) is 31.2 Å². The van der Waals surface area contributed by atoms with E-state index in [4.69, 9.17) is 5.73 Å². The van der Waals surface area contributed by atoms with E-state index in [1.165, 1.54) is 17.8 Å². The van der Waals surface area contributed by atoms with E-state index >= 15 is 0 Å². The van der Waals surface area contributed by atoms with Crippen LogP contribution in [0.4, 0.5) is 5.69 Å². The van der Waals surface area contributed by atoms with Gasteiger partial charge in [0.15, 0.2) is 0 Å². The minimum Gasteiger partial charge on any atom is -0.337 e. The average molecular weight is 332 g/mol. The molecule has 1 fully saturated rings. The van der Waals surface area contributed by atoms with Gasteiger partial charge in [0.2, 0.25) is 0 Å². The van der Waals surface area contributed by atoms with Crippen LogP contribution < -0.4 is 5.73 Å². The molecular formula is C13H18ClN3O3S. The summed E-state index contributed by atoms with van der Waals surface area (Å²) in [6.45, 7) is 1.17. The molecule has 116 valence electrons. The highest BCUT2D eigenvalue weighted by molar-refractivity contribution is 7.98. The number of hydrogen-bond acceptors (Lipinski definition) is 5. The van der Waals surface area contributed by atoms with E-state index in [2.05, 4.69) is 0 Å². The van der Waals surface area contributed by atoms with Crippen LogP contribution in [0.1, 0.15) is 23.2 Å². The molecule has 8 heteroatoms. The SMILES string of the molecule is CSc1ccc(C(=O)N2CCCC(N)C2)cc1[N+](=O)[O-].Cl. The summed E-state index contributed by atoms with van der Waals surface area (Å²) in [5.74, 6) is -0.184. The van der Waals surface area contributed by atoms with Crippen LogP contribution in [0.3, 0.4) is 0 Å². The van der Waals surface area contributed by atoms with Crippen molar-refractivity contribution in [2.45, 2.75) is 23.8 Å². The average Bonchev–Trinajstić information content (AvgIpc) is 2.45. The lowest BCUT2D eigenvalue weighted by Crippen LogP contribution is -2.45. The molecule has 1 amide bonds. The number of carbonyl (C=O) groups is 1. The predicted octanol–water partition coefficient (Wildman–Crippen LogP) is 2.30. The first-order valence-electron chi connectivity index (χ1n) is 6.40. The standard InChI is InChI=1S/C13H17N3O3S.ClH/c1-20-12-5-4-9(7-11(12)16(18)19)13(17)15-6-2-3-10(14)8-15;/h4-5,7,10H,2-3,6,8,14H2,1H3;1H. The van der Waals surface area contributed by atoms with Gasteiger partial charge in [-0.3, -0.25) is 14.9 Å². The van der Waals surface area contributed by atoms with Gasteiger partial charge in [-0.25, -0.2) is 0 Å². The molecule has 1 heterocycles. The summed E-state index contributed by atoms with van der Waals surface area (Å²) in [6.07, 6.45) is 3.56. The maximum absolute atomic E-state index is 12.4. The van der Waals surface area contributed by atoms with Crippen molar-refractivity contribution in [1.82, 2.24) is 4.90 Å². The topological polar surface area (TPSA) is 89.5 Å². The van der Waals surface area contributed by atoms with Crippen LogP contribution in [0, 0.1) is 10.1 Å². The second-order valence-electron chi connectivity index (χ2n) is 4.80. The Morgan fingerprint density at radius 3 is 2.81 bits per heavy atom. The molecule has 1 aliphatic heterocycles. The Kier molecular flexibility index (Phi) is 6.44. The molecule has 0 bridgehead atoms. The van der Waals surface area contributed by atoms with Crippen molar-refractivity contribution in [2.75, 3.05) is 19.3 Å². The number of rotatable bonds is 3. The van der Waals surface area contributed by atoms with Crippen LogP contribution in [0.5, 0.6) is 0 Å². The highest BCUT2D eigenvalue weighted by Gasteiger charge is 2.24. The number of piperidine rings is 1. The molecule has 1 saturated heterocycles. The van der Waals surface area contributed by atoms with Gasteiger partial charge in [-0.15, -0.1) is 24.2 Å². The third kappa shape index (κ3) is 4.09. The van der Waals surface area contributed by atoms with E-state index in [9.17, 15) is 14.9 Å². The fourth-order valence-electron chi connectivity index (χ4n) is 2.34. The predicted molar refractivity (Wildman–Crippen MR) is 85.2 cm³/mol. The summed E-state index contributed by atoms with van der Waals surface area (Å²) in [7, 11) is 0. The normalized spacial score (nSPS) is 18.0. The van der Waals surface area contributed by atoms with Crippen LogP contribution in [0.25, 0.3) is 0 Å². The molecule has 1 aromatic rings. The molecule has 0 radical (unpaired) electrons. The molecule has 1 aliphatic rings. The van der Waals surface area contributed by atoms with Crippen molar-refractivity contribution in [3.63, 3.8) is 0 Å². The van der Waals surface area contributed by atoms with Gasteiger partial charge in [0.05, 0.1) is 9.82 Å². The number of amides is 1. The third-order valence-electron chi connectivity index (χ3n) is 3.37. The molecule has 0 spiro atoms. The highest BCUT2D eigenvalue weighted by Crippen LogP contribution is 2.29. The first kappa shape index (κ1) is 17.7.